The van der Waals surface area contributed by atoms with Crippen molar-refractivity contribution in [2.45, 2.75) is 0 Å². The SMILES string of the molecule is c1ccc(-c2ccc(-c3ccc4ccccc4c3)cc2N(c2cccc(-c3cccc4c3sc3ccccc34)c2)c2cccc3oc4ccccc4c23)cc1. The van der Waals surface area contributed by atoms with Gasteiger partial charge in [0.15, 0.2) is 0 Å². The molecule has 55 heavy (non-hydrogen) atoms. The highest BCUT2D eigenvalue weighted by Gasteiger charge is 2.23. The van der Waals surface area contributed by atoms with Crippen molar-refractivity contribution in [3.05, 3.63) is 200 Å². The minimum Gasteiger partial charge on any atom is -0.456 e. The second-order valence-electron chi connectivity index (χ2n) is 14.1. The van der Waals surface area contributed by atoms with Gasteiger partial charge in [0.2, 0.25) is 0 Å². The Labute approximate surface area is 322 Å². The molecule has 0 bridgehead atoms. The van der Waals surface area contributed by atoms with Crippen LogP contribution in [0.25, 0.3) is 86.3 Å². The molecule has 0 aliphatic carbocycles. The van der Waals surface area contributed by atoms with Crippen LogP contribution in [0.2, 0.25) is 0 Å². The molecule has 0 saturated heterocycles. The molecule has 0 fully saturated rings. The van der Waals surface area contributed by atoms with Gasteiger partial charge >= 0.3 is 0 Å². The van der Waals surface area contributed by atoms with Crippen molar-refractivity contribution < 1.29 is 4.42 Å². The second kappa shape index (κ2) is 12.9. The van der Waals surface area contributed by atoms with Gasteiger partial charge in [0.05, 0.1) is 16.8 Å². The van der Waals surface area contributed by atoms with E-state index in [2.05, 4.69) is 199 Å². The third kappa shape index (κ3) is 5.32. The van der Waals surface area contributed by atoms with E-state index < -0.39 is 0 Å². The fraction of sp³-hybridized carbons (Fsp3) is 0. The zero-order valence-corrected chi connectivity index (χ0v) is 30.6. The molecular weight excluding hydrogens is 687 g/mol. The summed E-state index contributed by atoms with van der Waals surface area (Å²) in [5.41, 5.74) is 12.0. The number of thiophene rings is 1. The number of nitrogens with zero attached hydrogens (tertiary/aromatic N) is 1. The van der Waals surface area contributed by atoms with Gasteiger partial charge in [-0.25, -0.2) is 0 Å². The molecular formula is C52H33NOS. The van der Waals surface area contributed by atoms with Gasteiger partial charge in [-0.3, -0.25) is 0 Å². The van der Waals surface area contributed by atoms with Crippen LogP contribution in [0.4, 0.5) is 17.1 Å². The maximum absolute atomic E-state index is 6.51. The van der Waals surface area contributed by atoms with Crippen molar-refractivity contribution in [1.29, 1.82) is 0 Å². The Balaban J connectivity index is 1.20. The Morgan fingerprint density at radius 3 is 2.00 bits per heavy atom. The number of benzene rings is 9. The van der Waals surface area contributed by atoms with Crippen LogP contribution in [0.3, 0.4) is 0 Å². The fourth-order valence-corrected chi connectivity index (χ4v) is 9.50. The number of hydrogen-bond donors (Lipinski definition) is 0. The summed E-state index contributed by atoms with van der Waals surface area (Å²) in [6.45, 7) is 0. The van der Waals surface area contributed by atoms with E-state index in [9.17, 15) is 0 Å². The Morgan fingerprint density at radius 1 is 0.382 bits per heavy atom. The first-order valence-corrected chi connectivity index (χ1v) is 19.5. The summed E-state index contributed by atoms with van der Waals surface area (Å²) in [6, 6.07) is 72.3. The number of hydrogen-bond acceptors (Lipinski definition) is 3. The van der Waals surface area contributed by atoms with Crippen molar-refractivity contribution >= 4 is 81.3 Å². The van der Waals surface area contributed by atoms with E-state index in [0.29, 0.717) is 0 Å². The van der Waals surface area contributed by atoms with Crippen molar-refractivity contribution in [3.63, 3.8) is 0 Å². The van der Waals surface area contributed by atoms with Crippen LogP contribution < -0.4 is 4.90 Å². The van der Waals surface area contributed by atoms with Gasteiger partial charge in [0, 0.05) is 36.8 Å². The molecule has 0 unspecified atom stereocenters. The van der Waals surface area contributed by atoms with Gasteiger partial charge < -0.3 is 9.32 Å². The first-order chi connectivity index (χ1) is 27.3. The summed E-state index contributed by atoms with van der Waals surface area (Å²) in [6.07, 6.45) is 0. The molecule has 0 N–H and O–H groups in total. The lowest BCUT2D eigenvalue weighted by Crippen LogP contribution is -2.12. The van der Waals surface area contributed by atoms with Crippen LogP contribution >= 0.6 is 11.3 Å². The highest BCUT2D eigenvalue weighted by atomic mass is 32.1. The van der Waals surface area contributed by atoms with Crippen LogP contribution in [0.5, 0.6) is 0 Å². The smallest absolute Gasteiger partial charge is 0.137 e. The van der Waals surface area contributed by atoms with Gasteiger partial charge in [-0.2, -0.15) is 0 Å². The molecule has 258 valence electrons. The number of para-hydroxylation sites is 1. The topological polar surface area (TPSA) is 16.4 Å². The van der Waals surface area contributed by atoms with Gasteiger partial charge in [-0.1, -0.05) is 152 Å². The summed E-state index contributed by atoms with van der Waals surface area (Å²) in [4.78, 5) is 2.45. The lowest BCUT2D eigenvalue weighted by Gasteiger charge is -2.29. The molecule has 0 saturated carbocycles. The maximum Gasteiger partial charge on any atom is 0.137 e. The Kier molecular flexibility index (Phi) is 7.39. The normalized spacial score (nSPS) is 11.6. The van der Waals surface area contributed by atoms with Crippen molar-refractivity contribution in [3.8, 4) is 33.4 Å². The van der Waals surface area contributed by atoms with Gasteiger partial charge in [0.25, 0.3) is 0 Å². The molecule has 9 aromatic carbocycles. The van der Waals surface area contributed by atoms with E-state index in [0.717, 1.165) is 55.7 Å². The molecule has 0 spiro atoms. The molecule has 2 heterocycles. The molecule has 3 heteroatoms. The largest absolute Gasteiger partial charge is 0.456 e. The lowest BCUT2D eigenvalue weighted by molar-refractivity contribution is 0.669. The minimum absolute atomic E-state index is 0.863. The molecule has 0 radical (unpaired) electrons. The third-order valence-electron chi connectivity index (χ3n) is 10.8. The van der Waals surface area contributed by atoms with Gasteiger partial charge in [0.1, 0.15) is 11.2 Å². The molecule has 2 nitrogen and oxygen atoms in total. The van der Waals surface area contributed by atoms with E-state index in [4.69, 9.17) is 4.42 Å². The Morgan fingerprint density at radius 2 is 1.07 bits per heavy atom. The van der Waals surface area contributed by atoms with Crippen LogP contribution in [0.15, 0.2) is 205 Å². The molecule has 0 atom stereocenters. The molecule has 2 aromatic heterocycles. The van der Waals surface area contributed by atoms with Crippen LogP contribution in [-0.2, 0) is 0 Å². The predicted octanol–water partition coefficient (Wildman–Crippen LogP) is 15.6. The first kappa shape index (κ1) is 31.6. The summed E-state index contributed by atoms with van der Waals surface area (Å²) < 4.78 is 9.12. The van der Waals surface area contributed by atoms with Crippen molar-refractivity contribution in [1.82, 2.24) is 0 Å². The monoisotopic (exact) mass is 719 g/mol. The quantitative estimate of drug-likeness (QED) is 0.170. The average Bonchev–Trinajstić information content (AvgIpc) is 3.83. The average molecular weight is 720 g/mol. The van der Waals surface area contributed by atoms with Crippen LogP contribution in [-0.4, -0.2) is 0 Å². The van der Waals surface area contributed by atoms with E-state index >= 15 is 0 Å². The number of furan rings is 1. The van der Waals surface area contributed by atoms with Crippen molar-refractivity contribution in [2.24, 2.45) is 0 Å². The fourth-order valence-electron chi connectivity index (χ4n) is 8.26. The lowest BCUT2D eigenvalue weighted by atomic mass is 9.95. The van der Waals surface area contributed by atoms with E-state index in [-0.39, 0.29) is 0 Å². The highest BCUT2D eigenvalue weighted by molar-refractivity contribution is 7.26. The second-order valence-corrected chi connectivity index (χ2v) is 15.1. The number of anilines is 3. The van der Waals surface area contributed by atoms with Crippen LogP contribution in [0, 0.1) is 0 Å². The zero-order valence-electron chi connectivity index (χ0n) is 29.8. The van der Waals surface area contributed by atoms with Crippen molar-refractivity contribution in [2.75, 3.05) is 4.90 Å². The summed E-state index contributed by atoms with van der Waals surface area (Å²) >= 11 is 1.87. The van der Waals surface area contributed by atoms with Crippen LogP contribution in [0.1, 0.15) is 0 Å². The maximum atomic E-state index is 6.51. The molecule has 11 rings (SSSR count). The van der Waals surface area contributed by atoms with Gasteiger partial charge in [-0.05, 0) is 87.1 Å². The third-order valence-corrected chi connectivity index (χ3v) is 12.1. The zero-order chi connectivity index (χ0) is 36.3. The summed E-state index contributed by atoms with van der Waals surface area (Å²) in [5.74, 6) is 0. The summed E-state index contributed by atoms with van der Waals surface area (Å²) in [7, 11) is 0. The standard InChI is InChI=1S/C52H33NOS/c1-2-14-35(15-3-1)41-30-29-38(37-28-27-34-13-4-5-16-36(34)31-37)33-47(41)53(46-23-12-25-49-51(46)45-20-6-8-24-48(45)54-49)40-18-10-17-39(32-40)42-21-11-22-44-43-19-7-9-26-50(43)55-52(42)44/h1-33H. The first-order valence-electron chi connectivity index (χ1n) is 18.7. The molecule has 0 amide bonds. The number of rotatable bonds is 6. The van der Waals surface area contributed by atoms with E-state index in [1.807, 2.05) is 17.4 Å². The summed E-state index contributed by atoms with van der Waals surface area (Å²) in [5, 5.41) is 7.24. The molecule has 0 aliphatic heterocycles. The Bertz CT molecular complexity index is 3230. The molecule has 0 aliphatic rings. The van der Waals surface area contributed by atoms with E-state index in [1.54, 1.807) is 0 Å². The predicted molar refractivity (Wildman–Crippen MR) is 235 cm³/mol. The Hall–Kier alpha value is -6.94. The minimum atomic E-state index is 0.863. The van der Waals surface area contributed by atoms with E-state index in [1.165, 1.54) is 47.6 Å². The number of fused-ring (bicyclic) bond motifs is 7. The van der Waals surface area contributed by atoms with Gasteiger partial charge in [-0.15, -0.1) is 11.3 Å². The highest BCUT2D eigenvalue weighted by Crippen LogP contribution is 2.48. The molecule has 11 aromatic rings.